The van der Waals surface area contributed by atoms with Crippen LogP contribution >= 0.6 is 15.9 Å². The van der Waals surface area contributed by atoms with Gasteiger partial charge in [-0.2, -0.15) is 0 Å². The van der Waals surface area contributed by atoms with Crippen LogP contribution in [-0.4, -0.2) is 17.0 Å². The zero-order chi connectivity index (χ0) is 13.8. The highest BCUT2D eigenvalue weighted by Gasteiger charge is 2.14. The predicted molar refractivity (Wildman–Crippen MR) is 83.1 cm³/mol. The number of halogens is 1. The lowest BCUT2D eigenvalue weighted by molar-refractivity contribution is 0.852. The topological polar surface area (TPSA) is 49.8 Å². The van der Waals surface area contributed by atoms with Gasteiger partial charge in [0.05, 0.1) is 0 Å². The van der Waals surface area contributed by atoms with E-state index in [0.717, 1.165) is 27.4 Å². The monoisotopic (exact) mass is 320 g/mol. The van der Waals surface area contributed by atoms with Crippen LogP contribution in [0.25, 0.3) is 0 Å². The van der Waals surface area contributed by atoms with E-state index in [1.54, 1.807) is 6.33 Å². The Morgan fingerprint density at radius 2 is 1.68 bits per heavy atom. The average Bonchev–Trinajstić information content (AvgIpc) is 2.40. The van der Waals surface area contributed by atoms with Crippen molar-refractivity contribution in [3.05, 3.63) is 40.6 Å². The highest BCUT2D eigenvalue weighted by molar-refractivity contribution is 9.10. The van der Waals surface area contributed by atoms with Gasteiger partial charge < -0.3 is 10.6 Å². The van der Waals surface area contributed by atoms with Crippen molar-refractivity contribution < 1.29 is 0 Å². The van der Waals surface area contributed by atoms with Crippen molar-refractivity contribution in [3.63, 3.8) is 0 Å². The van der Waals surface area contributed by atoms with Gasteiger partial charge in [0.2, 0.25) is 0 Å². The SMILES string of the molecule is CNc1ncnc(Nc2ccc(Br)cc2)c1C(C)C. The fraction of sp³-hybridized carbons (Fsp3) is 0.286. The van der Waals surface area contributed by atoms with Gasteiger partial charge in [-0.25, -0.2) is 9.97 Å². The predicted octanol–water partition coefficient (Wildman–Crippen LogP) is 4.15. The van der Waals surface area contributed by atoms with Gasteiger partial charge in [-0.15, -0.1) is 0 Å². The van der Waals surface area contributed by atoms with Crippen molar-refractivity contribution in [1.29, 1.82) is 0 Å². The molecule has 0 radical (unpaired) electrons. The van der Waals surface area contributed by atoms with Crippen molar-refractivity contribution in [2.75, 3.05) is 17.7 Å². The van der Waals surface area contributed by atoms with Gasteiger partial charge in [0.15, 0.2) is 0 Å². The van der Waals surface area contributed by atoms with Crippen LogP contribution in [0.4, 0.5) is 17.3 Å². The van der Waals surface area contributed by atoms with E-state index >= 15 is 0 Å². The van der Waals surface area contributed by atoms with Gasteiger partial charge in [-0.1, -0.05) is 29.8 Å². The smallest absolute Gasteiger partial charge is 0.139 e. The molecule has 0 unspecified atom stereocenters. The van der Waals surface area contributed by atoms with Crippen molar-refractivity contribution >= 4 is 33.3 Å². The first kappa shape index (κ1) is 13.8. The van der Waals surface area contributed by atoms with E-state index in [4.69, 9.17) is 0 Å². The van der Waals surface area contributed by atoms with Gasteiger partial charge >= 0.3 is 0 Å². The van der Waals surface area contributed by atoms with E-state index in [-0.39, 0.29) is 0 Å². The third-order valence-electron chi connectivity index (χ3n) is 2.81. The number of hydrogen-bond acceptors (Lipinski definition) is 4. The van der Waals surface area contributed by atoms with Crippen LogP contribution in [0.2, 0.25) is 0 Å². The van der Waals surface area contributed by atoms with Crippen LogP contribution in [0.1, 0.15) is 25.3 Å². The molecule has 1 aromatic carbocycles. The number of rotatable bonds is 4. The van der Waals surface area contributed by atoms with E-state index in [2.05, 4.69) is 50.4 Å². The number of hydrogen-bond donors (Lipinski definition) is 2. The second kappa shape index (κ2) is 6.02. The fourth-order valence-corrected chi connectivity index (χ4v) is 2.18. The average molecular weight is 321 g/mol. The maximum atomic E-state index is 4.35. The second-order valence-electron chi connectivity index (χ2n) is 4.52. The Morgan fingerprint density at radius 3 is 2.26 bits per heavy atom. The Labute approximate surface area is 121 Å². The van der Waals surface area contributed by atoms with E-state index in [0.29, 0.717) is 5.92 Å². The first-order valence-corrected chi connectivity index (χ1v) is 6.96. The molecule has 0 aliphatic rings. The lowest BCUT2D eigenvalue weighted by atomic mass is 10.0. The highest BCUT2D eigenvalue weighted by atomic mass is 79.9. The molecule has 2 aromatic rings. The molecule has 100 valence electrons. The molecule has 2 N–H and O–H groups in total. The molecule has 4 nitrogen and oxygen atoms in total. The summed E-state index contributed by atoms with van der Waals surface area (Å²) in [6.07, 6.45) is 1.57. The zero-order valence-corrected chi connectivity index (χ0v) is 12.8. The Hall–Kier alpha value is -1.62. The van der Waals surface area contributed by atoms with Crippen LogP contribution in [-0.2, 0) is 0 Å². The van der Waals surface area contributed by atoms with Crippen molar-refractivity contribution in [1.82, 2.24) is 9.97 Å². The van der Waals surface area contributed by atoms with Crippen molar-refractivity contribution in [3.8, 4) is 0 Å². The first-order valence-electron chi connectivity index (χ1n) is 6.17. The number of anilines is 3. The Kier molecular flexibility index (Phi) is 4.37. The summed E-state index contributed by atoms with van der Waals surface area (Å²) in [6, 6.07) is 8.01. The van der Waals surface area contributed by atoms with E-state index in [1.807, 2.05) is 31.3 Å². The largest absolute Gasteiger partial charge is 0.373 e. The van der Waals surface area contributed by atoms with Gasteiger partial charge in [0.25, 0.3) is 0 Å². The molecule has 0 fully saturated rings. The summed E-state index contributed by atoms with van der Waals surface area (Å²) in [6.45, 7) is 4.26. The lowest BCUT2D eigenvalue weighted by Crippen LogP contribution is -2.06. The number of benzene rings is 1. The zero-order valence-electron chi connectivity index (χ0n) is 11.2. The fourth-order valence-electron chi connectivity index (χ4n) is 1.91. The van der Waals surface area contributed by atoms with Gasteiger partial charge in [-0.05, 0) is 30.2 Å². The molecule has 0 spiro atoms. The number of nitrogens with zero attached hydrogens (tertiary/aromatic N) is 2. The van der Waals surface area contributed by atoms with Crippen molar-refractivity contribution in [2.45, 2.75) is 19.8 Å². The maximum absolute atomic E-state index is 4.35. The van der Waals surface area contributed by atoms with Gasteiger partial charge in [0, 0.05) is 22.8 Å². The van der Waals surface area contributed by atoms with Crippen LogP contribution in [0, 0.1) is 0 Å². The standard InChI is InChI=1S/C14H17BrN4/c1-9(2)12-13(16-3)17-8-18-14(12)19-11-6-4-10(15)5-7-11/h4-9H,1-3H3,(H2,16,17,18,19). The molecule has 0 saturated heterocycles. The third kappa shape index (κ3) is 3.23. The Balaban J connectivity index is 2.36. The molecule has 5 heteroatoms. The normalized spacial score (nSPS) is 10.6. The highest BCUT2D eigenvalue weighted by Crippen LogP contribution is 2.30. The minimum Gasteiger partial charge on any atom is -0.373 e. The summed E-state index contributed by atoms with van der Waals surface area (Å²) < 4.78 is 1.06. The molecule has 0 bridgehead atoms. The number of nitrogens with one attached hydrogen (secondary N) is 2. The van der Waals surface area contributed by atoms with Gasteiger partial charge in [0.1, 0.15) is 18.0 Å². The molecule has 19 heavy (non-hydrogen) atoms. The molecule has 0 aliphatic carbocycles. The molecule has 0 atom stereocenters. The lowest BCUT2D eigenvalue weighted by Gasteiger charge is -2.16. The van der Waals surface area contributed by atoms with E-state index < -0.39 is 0 Å². The molecule has 0 amide bonds. The maximum Gasteiger partial charge on any atom is 0.139 e. The molecule has 0 aliphatic heterocycles. The molecular formula is C14H17BrN4. The molecule has 1 aromatic heterocycles. The van der Waals surface area contributed by atoms with Gasteiger partial charge in [-0.3, -0.25) is 0 Å². The molecule has 1 heterocycles. The van der Waals surface area contributed by atoms with Crippen LogP contribution < -0.4 is 10.6 Å². The Morgan fingerprint density at radius 1 is 1.05 bits per heavy atom. The molecule has 2 rings (SSSR count). The summed E-state index contributed by atoms with van der Waals surface area (Å²) in [5.74, 6) is 2.04. The summed E-state index contributed by atoms with van der Waals surface area (Å²) in [7, 11) is 1.87. The third-order valence-corrected chi connectivity index (χ3v) is 3.33. The molecule has 0 saturated carbocycles. The summed E-state index contributed by atoms with van der Waals surface area (Å²) >= 11 is 3.43. The van der Waals surface area contributed by atoms with E-state index in [1.165, 1.54) is 0 Å². The van der Waals surface area contributed by atoms with E-state index in [9.17, 15) is 0 Å². The minimum atomic E-state index is 0.335. The van der Waals surface area contributed by atoms with Crippen LogP contribution in [0.3, 0.4) is 0 Å². The quantitative estimate of drug-likeness (QED) is 0.888. The summed E-state index contributed by atoms with van der Waals surface area (Å²) in [5, 5.41) is 6.46. The van der Waals surface area contributed by atoms with Crippen molar-refractivity contribution in [2.24, 2.45) is 0 Å². The second-order valence-corrected chi connectivity index (χ2v) is 5.44. The summed E-state index contributed by atoms with van der Waals surface area (Å²) in [5.41, 5.74) is 2.10. The van der Waals surface area contributed by atoms with Crippen LogP contribution in [0.15, 0.2) is 35.1 Å². The minimum absolute atomic E-state index is 0.335. The Bertz CT molecular complexity index is 552. The number of aromatic nitrogens is 2. The molecular weight excluding hydrogens is 304 g/mol. The van der Waals surface area contributed by atoms with Crippen LogP contribution in [0.5, 0.6) is 0 Å². The summed E-state index contributed by atoms with van der Waals surface area (Å²) in [4.78, 5) is 8.62. The first-order chi connectivity index (χ1) is 9.11.